The van der Waals surface area contributed by atoms with Crippen molar-refractivity contribution < 1.29 is 4.74 Å². The Morgan fingerprint density at radius 3 is 2.83 bits per heavy atom. The quantitative estimate of drug-likeness (QED) is 0.776. The SMILES string of the molecule is CCCc1nc(COc2ccccc2CC)cs1. The Labute approximate surface area is 113 Å². The zero-order chi connectivity index (χ0) is 12.8. The van der Waals surface area contributed by atoms with Gasteiger partial charge in [-0.15, -0.1) is 11.3 Å². The highest BCUT2D eigenvalue weighted by atomic mass is 32.1. The van der Waals surface area contributed by atoms with Gasteiger partial charge in [0.15, 0.2) is 0 Å². The van der Waals surface area contributed by atoms with Crippen LogP contribution in [0.3, 0.4) is 0 Å². The molecule has 0 amide bonds. The van der Waals surface area contributed by atoms with Crippen LogP contribution < -0.4 is 4.74 Å². The maximum Gasteiger partial charge on any atom is 0.131 e. The lowest BCUT2D eigenvalue weighted by Gasteiger charge is -2.08. The predicted molar refractivity (Wildman–Crippen MR) is 76.3 cm³/mol. The zero-order valence-electron chi connectivity index (χ0n) is 11.0. The van der Waals surface area contributed by atoms with Gasteiger partial charge in [0.25, 0.3) is 0 Å². The van der Waals surface area contributed by atoms with E-state index >= 15 is 0 Å². The molecule has 3 heteroatoms. The maximum atomic E-state index is 5.85. The first-order valence-electron chi connectivity index (χ1n) is 6.47. The molecule has 0 aliphatic carbocycles. The summed E-state index contributed by atoms with van der Waals surface area (Å²) in [6.45, 7) is 4.89. The fraction of sp³-hybridized carbons (Fsp3) is 0.400. The standard InChI is InChI=1S/C15H19NOS/c1-3-7-15-16-13(11-18-15)10-17-14-9-6-5-8-12(14)4-2/h5-6,8-9,11H,3-4,7,10H2,1-2H3. The average molecular weight is 261 g/mol. The Morgan fingerprint density at radius 2 is 2.06 bits per heavy atom. The van der Waals surface area contributed by atoms with E-state index < -0.39 is 0 Å². The number of benzene rings is 1. The van der Waals surface area contributed by atoms with Crippen molar-refractivity contribution in [2.75, 3.05) is 0 Å². The van der Waals surface area contributed by atoms with E-state index in [-0.39, 0.29) is 0 Å². The molecule has 96 valence electrons. The van der Waals surface area contributed by atoms with Crippen LogP contribution in [0.4, 0.5) is 0 Å². The van der Waals surface area contributed by atoms with Gasteiger partial charge in [-0.2, -0.15) is 0 Å². The summed E-state index contributed by atoms with van der Waals surface area (Å²) >= 11 is 1.73. The molecule has 0 saturated heterocycles. The van der Waals surface area contributed by atoms with Crippen LogP contribution in [0.2, 0.25) is 0 Å². The third-order valence-corrected chi connectivity index (χ3v) is 3.75. The molecule has 0 N–H and O–H groups in total. The van der Waals surface area contributed by atoms with Crippen LogP contribution in [-0.4, -0.2) is 4.98 Å². The van der Waals surface area contributed by atoms with Crippen molar-refractivity contribution >= 4 is 11.3 Å². The minimum atomic E-state index is 0.567. The Balaban J connectivity index is 1.97. The first kappa shape index (κ1) is 13.1. The second-order valence-electron chi connectivity index (χ2n) is 4.23. The van der Waals surface area contributed by atoms with E-state index in [0.717, 1.165) is 30.7 Å². The monoisotopic (exact) mass is 261 g/mol. The van der Waals surface area contributed by atoms with Gasteiger partial charge >= 0.3 is 0 Å². The van der Waals surface area contributed by atoms with Crippen molar-refractivity contribution in [2.24, 2.45) is 0 Å². The van der Waals surface area contributed by atoms with Gasteiger partial charge in [-0.3, -0.25) is 0 Å². The third-order valence-electron chi connectivity index (χ3n) is 2.79. The van der Waals surface area contributed by atoms with Gasteiger partial charge < -0.3 is 4.74 Å². The summed E-state index contributed by atoms with van der Waals surface area (Å²) in [6, 6.07) is 8.20. The van der Waals surface area contributed by atoms with Crippen molar-refractivity contribution in [3.63, 3.8) is 0 Å². The highest BCUT2D eigenvalue weighted by Gasteiger charge is 2.04. The van der Waals surface area contributed by atoms with Crippen LogP contribution in [0.1, 0.15) is 36.5 Å². The van der Waals surface area contributed by atoms with Gasteiger partial charge in [0, 0.05) is 5.38 Å². The number of para-hydroxylation sites is 1. The van der Waals surface area contributed by atoms with Gasteiger partial charge in [0.1, 0.15) is 12.4 Å². The molecular formula is C15H19NOS. The van der Waals surface area contributed by atoms with E-state index in [1.807, 2.05) is 18.2 Å². The van der Waals surface area contributed by atoms with Gasteiger partial charge in [0.05, 0.1) is 10.7 Å². The van der Waals surface area contributed by atoms with Gasteiger partial charge in [0.2, 0.25) is 0 Å². The van der Waals surface area contributed by atoms with Crippen LogP contribution in [0.15, 0.2) is 29.6 Å². The Kier molecular flexibility index (Phi) is 4.76. The Hall–Kier alpha value is -1.35. The summed E-state index contributed by atoms with van der Waals surface area (Å²) in [5.41, 5.74) is 2.29. The summed E-state index contributed by atoms with van der Waals surface area (Å²) in [5, 5.41) is 3.30. The smallest absolute Gasteiger partial charge is 0.131 e. The lowest BCUT2D eigenvalue weighted by Crippen LogP contribution is -1.98. The van der Waals surface area contributed by atoms with Crippen molar-refractivity contribution in [1.82, 2.24) is 4.98 Å². The Morgan fingerprint density at radius 1 is 1.22 bits per heavy atom. The first-order valence-corrected chi connectivity index (χ1v) is 7.35. The van der Waals surface area contributed by atoms with Gasteiger partial charge in [-0.05, 0) is 30.9 Å². The van der Waals surface area contributed by atoms with E-state index in [2.05, 4.69) is 30.3 Å². The number of nitrogens with zero attached hydrogens (tertiary/aromatic N) is 1. The number of thiazole rings is 1. The lowest BCUT2D eigenvalue weighted by molar-refractivity contribution is 0.299. The van der Waals surface area contributed by atoms with Crippen LogP contribution in [0.5, 0.6) is 5.75 Å². The molecule has 0 unspecified atom stereocenters. The number of ether oxygens (including phenoxy) is 1. The number of hydrogen-bond acceptors (Lipinski definition) is 3. The molecule has 0 radical (unpaired) electrons. The molecular weight excluding hydrogens is 242 g/mol. The minimum absolute atomic E-state index is 0.567. The molecule has 2 aromatic rings. The minimum Gasteiger partial charge on any atom is -0.487 e. The Bertz CT molecular complexity index is 493. The third kappa shape index (κ3) is 3.33. The van der Waals surface area contributed by atoms with Crippen LogP contribution >= 0.6 is 11.3 Å². The molecule has 2 nitrogen and oxygen atoms in total. The molecule has 0 atom stereocenters. The highest BCUT2D eigenvalue weighted by molar-refractivity contribution is 7.09. The van der Waals surface area contributed by atoms with Gasteiger partial charge in [-0.25, -0.2) is 4.98 Å². The fourth-order valence-corrected chi connectivity index (χ4v) is 2.72. The lowest BCUT2D eigenvalue weighted by atomic mass is 10.1. The van der Waals surface area contributed by atoms with Crippen LogP contribution in [0.25, 0.3) is 0 Å². The fourth-order valence-electron chi connectivity index (χ4n) is 1.83. The van der Waals surface area contributed by atoms with Crippen molar-refractivity contribution in [3.05, 3.63) is 45.9 Å². The summed E-state index contributed by atoms with van der Waals surface area (Å²) in [6.07, 6.45) is 3.21. The second-order valence-corrected chi connectivity index (χ2v) is 5.18. The number of aromatic nitrogens is 1. The van der Waals surface area contributed by atoms with Crippen LogP contribution in [0, 0.1) is 0 Å². The molecule has 2 rings (SSSR count). The normalized spacial score (nSPS) is 10.6. The van der Waals surface area contributed by atoms with Crippen molar-refractivity contribution in [2.45, 2.75) is 39.7 Å². The number of hydrogen-bond donors (Lipinski definition) is 0. The van der Waals surface area contributed by atoms with E-state index in [1.54, 1.807) is 11.3 Å². The molecule has 0 aliphatic heterocycles. The molecule has 0 spiro atoms. The summed E-state index contributed by atoms with van der Waals surface area (Å²) in [4.78, 5) is 4.56. The van der Waals surface area contributed by atoms with E-state index in [1.165, 1.54) is 10.6 Å². The molecule has 1 aromatic carbocycles. The van der Waals surface area contributed by atoms with Crippen molar-refractivity contribution in [1.29, 1.82) is 0 Å². The maximum absolute atomic E-state index is 5.85. The molecule has 0 aliphatic rings. The number of rotatable bonds is 6. The number of aryl methyl sites for hydroxylation is 2. The molecule has 0 saturated carbocycles. The van der Waals surface area contributed by atoms with Gasteiger partial charge in [-0.1, -0.05) is 32.0 Å². The second kappa shape index (κ2) is 6.55. The molecule has 0 fully saturated rings. The summed E-state index contributed by atoms with van der Waals surface area (Å²) in [5.74, 6) is 0.977. The van der Waals surface area contributed by atoms with E-state index in [4.69, 9.17) is 4.74 Å². The molecule has 18 heavy (non-hydrogen) atoms. The molecule has 1 aromatic heterocycles. The molecule has 0 bridgehead atoms. The largest absolute Gasteiger partial charge is 0.487 e. The van der Waals surface area contributed by atoms with E-state index in [0.29, 0.717) is 6.61 Å². The summed E-state index contributed by atoms with van der Waals surface area (Å²) in [7, 11) is 0. The first-order chi connectivity index (χ1) is 8.83. The average Bonchev–Trinajstić information content (AvgIpc) is 2.85. The topological polar surface area (TPSA) is 22.1 Å². The summed E-state index contributed by atoms with van der Waals surface area (Å²) < 4.78 is 5.85. The van der Waals surface area contributed by atoms with Crippen LogP contribution in [-0.2, 0) is 19.4 Å². The van der Waals surface area contributed by atoms with Crippen molar-refractivity contribution in [3.8, 4) is 5.75 Å². The predicted octanol–water partition coefficient (Wildman–Crippen LogP) is 4.24. The van der Waals surface area contributed by atoms with E-state index in [9.17, 15) is 0 Å². The zero-order valence-corrected chi connectivity index (χ0v) is 11.8. The highest BCUT2D eigenvalue weighted by Crippen LogP contribution is 2.20. The molecule has 1 heterocycles.